The summed E-state index contributed by atoms with van der Waals surface area (Å²) in [4.78, 5) is 4.74. The van der Waals surface area contributed by atoms with Crippen LogP contribution in [-0.4, -0.2) is 11.5 Å². The molecule has 23 heavy (non-hydrogen) atoms. The van der Waals surface area contributed by atoms with Crippen LogP contribution in [0.5, 0.6) is 0 Å². The first-order valence-electron chi connectivity index (χ1n) is 7.45. The normalized spacial score (nSPS) is 13.4. The molecule has 1 aliphatic heterocycles. The molecule has 0 fully saturated rings. The van der Waals surface area contributed by atoms with Crippen molar-refractivity contribution < 1.29 is 4.42 Å². The minimum Gasteiger partial charge on any atom is -0.460 e. The Hall–Kier alpha value is -3.14. The van der Waals surface area contributed by atoms with Crippen LogP contribution >= 0.6 is 0 Å². The van der Waals surface area contributed by atoms with Crippen LogP contribution in [0.4, 0.5) is 5.69 Å². The summed E-state index contributed by atoms with van der Waals surface area (Å²) in [6.07, 6.45) is 0. The van der Waals surface area contributed by atoms with Crippen molar-refractivity contribution in [1.29, 1.82) is 0 Å². The lowest BCUT2D eigenvalue weighted by Gasteiger charge is -2.04. The van der Waals surface area contributed by atoms with Gasteiger partial charge < -0.3 is 4.42 Å². The minimum atomic E-state index is 0.719. The van der Waals surface area contributed by atoms with Gasteiger partial charge in [0.1, 0.15) is 11.5 Å². The second-order valence-electron chi connectivity index (χ2n) is 5.33. The maximum atomic E-state index is 5.75. The third kappa shape index (κ3) is 2.55. The van der Waals surface area contributed by atoms with E-state index >= 15 is 0 Å². The number of hydrogen-bond donors (Lipinski definition) is 1. The first-order valence-corrected chi connectivity index (χ1v) is 7.45. The van der Waals surface area contributed by atoms with Gasteiger partial charge in [-0.3, -0.25) is 5.43 Å². The van der Waals surface area contributed by atoms with Crippen LogP contribution in [0.15, 0.2) is 81.2 Å². The largest absolute Gasteiger partial charge is 0.460 e. The molecule has 0 atom stereocenters. The highest BCUT2D eigenvalue weighted by molar-refractivity contribution is 6.16. The van der Waals surface area contributed by atoms with E-state index in [0.29, 0.717) is 0 Å². The smallest absolute Gasteiger partial charge is 0.155 e. The van der Waals surface area contributed by atoms with Gasteiger partial charge >= 0.3 is 0 Å². The monoisotopic (exact) mass is 301 g/mol. The summed E-state index contributed by atoms with van der Waals surface area (Å²) in [5, 5.41) is 4.55. The highest BCUT2D eigenvalue weighted by Gasteiger charge is 2.18. The predicted octanol–water partition coefficient (Wildman–Crippen LogP) is 4.02. The molecule has 0 unspecified atom stereocenters. The Bertz CT molecular complexity index is 907. The van der Waals surface area contributed by atoms with Crippen LogP contribution < -0.4 is 5.43 Å². The Morgan fingerprint density at radius 3 is 2.43 bits per heavy atom. The zero-order valence-electron chi connectivity index (χ0n) is 12.7. The van der Waals surface area contributed by atoms with Crippen LogP contribution in [0.1, 0.15) is 22.6 Å². The first kappa shape index (κ1) is 13.5. The number of nitrogens with one attached hydrogen (secondary N) is 1. The Morgan fingerprint density at radius 1 is 0.870 bits per heavy atom. The van der Waals surface area contributed by atoms with E-state index in [1.807, 2.05) is 73.7 Å². The molecular formula is C19H15N3O. The molecule has 4 rings (SSSR count). The van der Waals surface area contributed by atoms with E-state index in [0.717, 1.165) is 39.9 Å². The molecule has 0 bridgehead atoms. The molecule has 0 saturated heterocycles. The van der Waals surface area contributed by atoms with Crippen LogP contribution in [0, 0.1) is 6.92 Å². The molecule has 0 radical (unpaired) electrons. The molecule has 4 heteroatoms. The van der Waals surface area contributed by atoms with E-state index < -0.39 is 0 Å². The lowest BCUT2D eigenvalue weighted by molar-refractivity contribution is 0.525. The predicted molar refractivity (Wildman–Crippen MR) is 91.3 cm³/mol. The summed E-state index contributed by atoms with van der Waals surface area (Å²) >= 11 is 0. The molecule has 0 aliphatic carbocycles. The van der Waals surface area contributed by atoms with Crippen LogP contribution in [-0.2, 0) is 0 Å². The van der Waals surface area contributed by atoms with Crippen molar-refractivity contribution in [3.8, 4) is 0 Å². The van der Waals surface area contributed by atoms with Gasteiger partial charge in [0.2, 0.25) is 0 Å². The number of hydrazone groups is 1. The molecular weight excluding hydrogens is 286 g/mol. The fraction of sp³-hybridized carbons (Fsp3) is 0.0526. The zero-order chi connectivity index (χ0) is 15.6. The first-order chi connectivity index (χ1) is 11.3. The number of hydrogen-bond acceptors (Lipinski definition) is 4. The van der Waals surface area contributed by atoms with Crippen LogP contribution in [0.2, 0.25) is 0 Å². The lowest BCUT2D eigenvalue weighted by atomic mass is 10.1. The van der Waals surface area contributed by atoms with E-state index in [1.165, 1.54) is 0 Å². The molecule has 2 aromatic carbocycles. The van der Waals surface area contributed by atoms with Gasteiger partial charge in [-0.1, -0.05) is 48.5 Å². The second kappa shape index (κ2) is 5.57. The van der Waals surface area contributed by atoms with Gasteiger partial charge in [-0.15, -0.1) is 0 Å². The van der Waals surface area contributed by atoms with Crippen molar-refractivity contribution in [2.75, 3.05) is 0 Å². The molecule has 0 amide bonds. The van der Waals surface area contributed by atoms with Crippen molar-refractivity contribution in [3.63, 3.8) is 0 Å². The third-order valence-electron chi connectivity index (χ3n) is 3.69. The Labute approximate surface area is 134 Å². The Balaban J connectivity index is 1.86. The quantitative estimate of drug-likeness (QED) is 0.777. The molecule has 2 heterocycles. The number of furan rings is 1. The Morgan fingerprint density at radius 2 is 1.65 bits per heavy atom. The lowest BCUT2D eigenvalue weighted by Crippen LogP contribution is -2.19. The summed E-state index contributed by atoms with van der Waals surface area (Å²) in [6, 6.07) is 21.8. The summed E-state index contributed by atoms with van der Waals surface area (Å²) < 4.78 is 5.75. The van der Waals surface area contributed by atoms with Crippen molar-refractivity contribution in [3.05, 3.63) is 89.4 Å². The molecule has 4 nitrogen and oxygen atoms in total. The van der Waals surface area contributed by atoms with Gasteiger partial charge in [0, 0.05) is 11.1 Å². The molecule has 3 aromatic rings. The van der Waals surface area contributed by atoms with Gasteiger partial charge in [-0.25, -0.2) is 4.99 Å². The fourth-order valence-electron chi connectivity index (χ4n) is 2.56. The zero-order valence-corrected chi connectivity index (χ0v) is 12.7. The summed E-state index contributed by atoms with van der Waals surface area (Å²) in [6.45, 7) is 1.92. The van der Waals surface area contributed by atoms with Gasteiger partial charge in [0.25, 0.3) is 0 Å². The highest BCUT2D eigenvalue weighted by Crippen LogP contribution is 2.26. The number of amidine groups is 1. The summed E-state index contributed by atoms with van der Waals surface area (Å²) in [5.41, 5.74) is 6.63. The van der Waals surface area contributed by atoms with Crippen LogP contribution in [0.3, 0.4) is 0 Å². The number of nitrogens with zero attached hydrogens (tertiary/aromatic N) is 2. The Kier molecular flexibility index (Phi) is 3.27. The third-order valence-corrected chi connectivity index (χ3v) is 3.69. The topological polar surface area (TPSA) is 49.9 Å². The van der Waals surface area contributed by atoms with Crippen molar-refractivity contribution in [2.24, 2.45) is 10.1 Å². The second-order valence-corrected chi connectivity index (χ2v) is 5.33. The average Bonchev–Trinajstić information content (AvgIpc) is 2.92. The highest BCUT2D eigenvalue weighted by atomic mass is 16.3. The number of aliphatic imine (C=N–C) groups is 1. The number of para-hydroxylation sites is 1. The van der Waals surface area contributed by atoms with Crippen molar-refractivity contribution >= 4 is 17.2 Å². The van der Waals surface area contributed by atoms with E-state index in [1.54, 1.807) is 0 Å². The maximum Gasteiger partial charge on any atom is 0.155 e. The molecule has 1 aromatic heterocycles. The molecule has 0 spiro atoms. The van der Waals surface area contributed by atoms with Crippen molar-refractivity contribution in [2.45, 2.75) is 6.92 Å². The summed E-state index contributed by atoms with van der Waals surface area (Å²) in [7, 11) is 0. The van der Waals surface area contributed by atoms with E-state index in [-0.39, 0.29) is 0 Å². The average molecular weight is 301 g/mol. The van der Waals surface area contributed by atoms with Gasteiger partial charge in [-0.2, -0.15) is 5.10 Å². The molecule has 1 aliphatic rings. The number of fused-ring (bicyclic) bond motifs is 1. The van der Waals surface area contributed by atoms with E-state index in [2.05, 4.69) is 10.5 Å². The molecule has 1 N–H and O–H groups in total. The van der Waals surface area contributed by atoms with Gasteiger partial charge in [0.05, 0.1) is 5.69 Å². The van der Waals surface area contributed by atoms with Gasteiger partial charge in [-0.05, 0) is 25.1 Å². The number of rotatable bonds is 2. The molecule has 112 valence electrons. The fourth-order valence-corrected chi connectivity index (χ4v) is 2.56. The minimum absolute atomic E-state index is 0.719. The van der Waals surface area contributed by atoms with E-state index in [9.17, 15) is 0 Å². The van der Waals surface area contributed by atoms with Crippen molar-refractivity contribution in [1.82, 2.24) is 5.43 Å². The van der Waals surface area contributed by atoms with E-state index in [4.69, 9.17) is 9.41 Å². The van der Waals surface area contributed by atoms with Gasteiger partial charge in [0.15, 0.2) is 11.6 Å². The summed E-state index contributed by atoms with van der Waals surface area (Å²) in [5.74, 6) is 2.30. The molecule has 0 saturated carbocycles. The standard InChI is InChI=1S/C19H15N3O/c1-13-11-12-17(23-13)18-15-9-5-6-10-16(15)20-19(22-21-18)14-7-3-2-4-8-14/h2-12H,1H3,(H,20,22). The maximum absolute atomic E-state index is 5.75. The number of aryl methyl sites for hydroxylation is 1. The number of benzene rings is 2. The van der Waals surface area contributed by atoms with Crippen LogP contribution in [0.25, 0.3) is 0 Å². The SMILES string of the molecule is Cc1ccc(C2=NNC(c3ccccc3)=Nc3ccccc32)o1.